The Morgan fingerprint density at radius 1 is 1.19 bits per heavy atom. The number of H-pyrrole nitrogens is 1. The summed E-state index contributed by atoms with van der Waals surface area (Å²) in [6, 6.07) is 13.9. The number of pyridine rings is 1. The summed E-state index contributed by atoms with van der Waals surface area (Å²) in [5.41, 5.74) is 7.70. The fourth-order valence-corrected chi connectivity index (χ4v) is 5.22. The number of fused-ring (bicyclic) bond motifs is 1. The molecule has 0 saturated heterocycles. The highest BCUT2D eigenvalue weighted by molar-refractivity contribution is 6.32. The van der Waals surface area contributed by atoms with Gasteiger partial charge in [-0.3, -0.25) is 4.79 Å². The molecule has 1 aromatic heterocycles. The predicted octanol–water partition coefficient (Wildman–Crippen LogP) is 5.58. The zero-order valence-electron chi connectivity index (χ0n) is 18.7. The van der Waals surface area contributed by atoms with E-state index < -0.39 is 0 Å². The molecule has 6 heteroatoms. The van der Waals surface area contributed by atoms with Crippen LogP contribution in [0.2, 0.25) is 5.02 Å². The van der Waals surface area contributed by atoms with Crippen LogP contribution >= 0.6 is 11.6 Å². The maximum Gasteiger partial charge on any atom is 0.255 e. The summed E-state index contributed by atoms with van der Waals surface area (Å²) in [5, 5.41) is 1.84. The molecule has 1 fully saturated rings. The monoisotopic (exact) mass is 454 g/mol. The smallest absolute Gasteiger partial charge is 0.255 e. The van der Waals surface area contributed by atoms with E-state index in [1.807, 2.05) is 25.1 Å². The first-order valence-corrected chi connectivity index (χ1v) is 11.8. The molecule has 1 unspecified atom stereocenters. The van der Waals surface area contributed by atoms with E-state index in [0.29, 0.717) is 22.8 Å². The van der Waals surface area contributed by atoms with Gasteiger partial charge < -0.3 is 20.2 Å². The van der Waals surface area contributed by atoms with E-state index in [1.165, 1.54) is 5.56 Å². The van der Waals surface area contributed by atoms with Crippen molar-refractivity contribution < 1.29 is 9.47 Å². The van der Waals surface area contributed by atoms with Crippen LogP contribution in [0.1, 0.15) is 51.5 Å². The van der Waals surface area contributed by atoms with Crippen LogP contribution in [0.5, 0.6) is 11.5 Å². The number of rotatable bonds is 7. The lowest BCUT2D eigenvalue weighted by Crippen LogP contribution is -2.48. The minimum Gasteiger partial charge on any atom is -0.494 e. The van der Waals surface area contributed by atoms with Gasteiger partial charge in [-0.1, -0.05) is 30.7 Å². The molecule has 3 N–H and O–H groups in total. The van der Waals surface area contributed by atoms with Gasteiger partial charge in [-0.2, -0.15) is 0 Å². The number of benzene rings is 2. The van der Waals surface area contributed by atoms with Crippen molar-refractivity contribution in [1.82, 2.24) is 4.98 Å². The molecule has 0 spiro atoms. The van der Waals surface area contributed by atoms with Crippen LogP contribution in [-0.4, -0.2) is 23.7 Å². The molecule has 32 heavy (non-hydrogen) atoms. The van der Waals surface area contributed by atoms with Gasteiger partial charge in [-0.15, -0.1) is 0 Å². The van der Waals surface area contributed by atoms with Crippen LogP contribution in [0, 0.1) is 0 Å². The predicted molar refractivity (Wildman–Crippen MR) is 130 cm³/mol. The lowest BCUT2D eigenvalue weighted by molar-refractivity contribution is 0.104. The van der Waals surface area contributed by atoms with Gasteiger partial charge in [0.2, 0.25) is 0 Å². The van der Waals surface area contributed by atoms with Crippen LogP contribution in [0.25, 0.3) is 10.8 Å². The van der Waals surface area contributed by atoms with Crippen LogP contribution in [0.15, 0.2) is 53.5 Å². The highest BCUT2D eigenvalue weighted by Gasteiger charge is 2.42. The standard InChI is InChI=1S/C26H31ClN2O3/c1-3-24(28)26(18-6-5-7-20(15-18)31-4-2)11-8-19(9-12-26)32-23-14-17-10-13-29-25(30)21(17)16-22(23)27/h5-7,10,13-16,19,24H,3-4,8-9,11-12,28H2,1-2H3,(H,29,30)/t19-,24?,26+. The Labute approximate surface area is 193 Å². The Morgan fingerprint density at radius 3 is 2.69 bits per heavy atom. The van der Waals surface area contributed by atoms with Gasteiger partial charge in [-0.25, -0.2) is 0 Å². The molecule has 5 nitrogen and oxygen atoms in total. The summed E-state index contributed by atoms with van der Waals surface area (Å²) in [4.78, 5) is 14.7. The summed E-state index contributed by atoms with van der Waals surface area (Å²) >= 11 is 6.45. The molecule has 1 heterocycles. The lowest BCUT2D eigenvalue weighted by atomic mass is 9.64. The van der Waals surface area contributed by atoms with Crippen molar-refractivity contribution in [3.8, 4) is 11.5 Å². The maximum absolute atomic E-state index is 12.0. The van der Waals surface area contributed by atoms with E-state index in [9.17, 15) is 4.79 Å². The minimum atomic E-state index is -0.152. The Balaban J connectivity index is 1.55. The van der Waals surface area contributed by atoms with E-state index in [1.54, 1.807) is 12.3 Å². The topological polar surface area (TPSA) is 77.3 Å². The summed E-state index contributed by atoms with van der Waals surface area (Å²) in [6.07, 6.45) is 6.25. The van der Waals surface area contributed by atoms with Gasteiger partial charge in [0.05, 0.1) is 17.7 Å². The fourth-order valence-electron chi connectivity index (χ4n) is 5.01. The van der Waals surface area contributed by atoms with Crippen molar-refractivity contribution in [2.45, 2.75) is 63.5 Å². The van der Waals surface area contributed by atoms with Gasteiger partial charge >= 0.3 is 0 Å². The molecular formula is C26H31ClN2O3. The quantitative estimate of drug-likeness (QED) is 0.488. The Kier molecular flexibility index (Phi) is 6.77. The summed E-state index contributed by atoms with van der Waals surface area (Å²) < 4.78 is 12.1. The molecule has 0 radical (unpaired) electrons. The number of ether oxygens (including phenoxy) is 2. The van der Waals surface area contributed by atoms with Crippen LogP contribution < -0.4 is 20.8 Å². The van der Waals surface area contributed by atoms with Gasteiger partial charge in [0.15, 0.2) is 0 Å². The van der Waals surface area contributed by atoms with Crippen molar-refractivity contribution in [1.29, 1.82) is 0 Å². The molecule has 1 aliphatic carbocycles. The normalized spacial score (nSPS) is 21.9. The van der Waals surface area contributed by atoms with E-state index in [4.69, 9.17) is 26.8 Å². The van der Waals surface area contributed by atoms with Crippen molar-refractivity contribution >= 4 is 22.4 Å². The highest BCUT2D eigenvalue weighted by atomic mass is 35.5. The van der Waals surface area contributed by atoms with E-state index in [0.717, 1.165) is 43.2 Å². The molecule has 0 aliphatic heterocycles. The molecule has 0 bridgehead atoms. The molecule has 2 aromatic carbocycles. The number of aromatic amines is 1. The first-order chi connectivity index (χ1) is 15.5. The summed E-state index contributed by atoms with van der Waals surface area (Å²) in [7, 11) is 0. The van der Waals surface area contributed by atoms with Crippen LogP contribution in [-0.2, 0) is 5.41 Å². The van der Waals surface area contributed by atoms with E-state index in [2.05, 4.69) is 30.1 Å². The Morgan fingerprint density at radius 2 is 1.97 bits per heavy atom. The lowest BCUT2D eigenvalue weighted by Gasteiger charge is -2.44. The Bertz CT molecular complexity index is 1140. The second kappa shape index (κ2) is 9.55. The van der Waals surface area contributed by atoms with Gasteiger partial charge in [0, 0.05) is 23.0 Å². The first kappa shape index (κ1) is 22.7. The average Bonchev–Trinajstić information content (AvgIpc) is 2.81. The first-order valence-electron chi connectivity index (χ1n) is 11.4. The molecule has 0 amide bonds. The number of aromatic nitrogens is 1. The van der Waals surface area contributed by atoms with Crippen molar-refractivity contribution in [3.05, 3.63) is 69.6 Å². The highest BCUT2D eigenvalue weighted by Crippen LogP contribution is 2.44. The van der Waals surface area contributed by atoms with E-state index in [-0.39, 0.29) is 23.1 Å². The third kappa shape index (κ3) is 4.37. The molecule has 1 saturated carbocycles. The number of halogens is 1. The maximum atomic E-state index is 12.0. The largest absolute Gasteiger partial charge is 0.494 e. The number of hydrogen-bond donors (Lipinski definition) is 2. The Hall–Kier alpha value is -2.50. The zero-order valence-corrected chi connectivity index (χ0v) is 19.5. The van der Waals surface area contributed by atoms with Crippen LogP contribution in [0.3, 0.4) is 0 Å². The number of hydrogen-bond acceptors (Lipinski definition) is 4. The molecule has 1 atom stereocenters. The van der Waals surface area contributed by atoms with Gasteiger partial charge in [0.25, 0.3) is 5.56 Å². The minimum absolute atomic E-state index is 0.0548. The van der Waals surface area contributed by atoms with Gasteiger partial charge in [-0.05, 0) is 80.3 Å². The number of nitrogens with one attached hydrogen (secondary N) is 1. The molecule has 1 aliphatic rings. The molecule has 3 aromatic rings. The van der Waals surface area contributed by atoms with Crippen LogP contribution in [0.4, 0.5) is 0 Å². The second-order valence-corrected chi connectivity index (χ2v) is 9.03. The summed E-state index contributed by atoms with van der Waals surface area (Å²) in [6.45, 7) is 4.79. The molecule has 170 valence electrons. The molecular weight excluding hydrogens is 424 g/mol. The van der Waals surface area contributed by atoms with Crippen molar-refractivity contribution in [2.75, 3.05) is 6.61 Å². The second-order valence-electron chi connectivity index (χ2n) is 8.63. The fraction of sp³-hybridized carbons (Fsp3) is 0.423. The third-order valence-corrected chi connectivity index (χ3v) is 7.11. The molecule has 4 rings (SSSR count). The third-order valence-electron chi connectivity index (χ3n) is 6.81. The number of nitrogens with two attached hydrogens (primary N) is 1. The average molecular weight is 455 g/mol. The van der Waals surface area contributed by atoms with Gasteiger partial charge in [0.1, 0.15) is 11.5 Å². The zero-order chi connectivity index (χ0) is 22.7. The summed E-state index contributed by atoms with van der Waals surface area (Å²) in [5.74, 6) is 1.52. The van der Waals surface area contributed by atoms with Crippen molar-refractivity contribution in [3.63, 3.8) is 0 Å². The van der Waals surface area contributed by atoms with Crippen molar-refractivity contribution in [2.24, 2.45) is 5.73 Å². The van der Waals surface area contributed by atoms with E-state index >= 15 is 0 Å². The SMILES string of the molecule is CCOc1cccc([C@]2(C(N)CC)CC[C@@H](Oc3cc4cc[nH]c(=O)c4cc3Cl)CC2)c1.